The second-order valence-electron chi connectivity index (χ2n) is 6.66. The Kier molecular flexibility index (Phi) is 6.56. The average Bonchev–Trinajstić information content (AvgIpc) is 2.70. The normalized spacial score (nSPS) is 10.8. The second-order valence-corrected chi connectivity index (χ2v) is 7.45. The molecule has 6 nitrogen and oxygen atoms in total. The molecular formula is C21H20Cl2N4O2. The van der Waals surface area contributed by atoms with Crippen molar-refractivity contribution in [2.75, 3.05) is 10.2 Å². The third-order valence-corrected chi connectivity index (χ3v) is 4.97. The molecule has 150 valence electrons. The third kappa shape index (κ3) is 4.96. The maximum atomic E-state index is 12.9. The Balaban J connectivity index is 1.79. The first-order valence-corrected chi connectivity index (χ1v) is 9.77. The fourth-order valence-corrected chi connectivity index (χ4v) is 3.16. The molecule has 0 saturated carbocycles. The SMILES string of the molecule is CC(C)N(C(=O)Cn1ncc(Cl)c(Cl)c1=O)c1ccc(Nc2ccccc2)cc1. The van der Waals surface area contributed by atoms with Gasteiger partial charge < -0.3 is 10.2 Å². The molecule has 0 atom stereocenters. The highest BCUT2D eigenvalue weighted by atomic mass is 35.5. The van der Waals surface area contributed by atoms with Crippen LogP contribution in [-0.4, -0.2) is 21.7 Å². The van der Waals surface area contributed by atoms with E-state index in [0.717, 1.165) is 21.7 Å². The van der Waals surface area contributed by atoms with Crippen molar-refractivity contribution in [1.29, 1.82) is 0 Å². The van der Waals surface area contributed by atoms with E-state index in [2.05, 4.69) is 10.4 Å². The number of rotatable bonds is 6. The molecule has 2 aromatic carbocycles. The van der Waals surface area contributed by atoms with Crippen LogP contribution in [0.15, 0.2) is 65.6 Å². The predicted molar refractivity (Wildman–Crippen MR) is 117 cm³/mol. The minimum atomic E-state index is -0.598. The maximum Gasteiger partial charge on any atom is 0.287 e. The van der Waals surface area contributed by atoms with Gasteiger partial charge in [-0.25, -0.2) is 4.68 Å². The zero-order chi connectivity index (χ0) is 21.0. The number of hydrogen-bond acceptors (Lipinski definition) is 4. The number of nitrogens with zero attached hydrogens (tertiary/aromatic N) is 3. The second kappa shape index (κ2) is 9.11. The lowest BCUT2D eigenvalue weighted by Gasteiger charge is -2.27. The van der Waals surface area contributed by atoms with Gasteiger partial charge in [-0.1, -0.05) is 41.4 Å². The highest BCUT2D eigenvalue weighted by Crippen LogP contribution is 2.23. The van der Waals surface area contributed by atoms with Crippen LogP contribution in [0.3, 0.4) is 0 Å². The van der Waals surface area contributed by atoms with E-state index in [1.165, 1.54) is 6.20 Å². The molecule has 3 aromatic rings. The predicted octanol–water partition coefficient (Wildman–Crippen LogP) is 4.74. The van der Waals surface area contributed by atoms with Crippen LogP contribution in [0.2, 0.25) is 10.0 Å². The summed E-state index contributed by atoms with van der Waals surface area (Å²) >= 11 is 11.7. The Hall–Kier alpha value is -2.83. The molecule has 1 amide bonds. The summed E-state index contributed by atoms with van der Waals surface area (Å²) in [6, 6.07) is 17.2. The number of nitrogens with one attached hydrogen (secondary N) is 1. The first kappa shape index (κ1) is 20.9. The molecule has 1 heterocycles. The van der Waals surface area contributed by atoms with Gasteiger partial charge >= 0.3 is 0 Å². The highest BCUT2D eigenvalue weighted by Gasteiger charge is 2.21. The number of carbonyl (C=O) groups is 1. The Morgan fingerprint density at radius 2 is 1.69 bits per heavy atom. The van der Waals surface area contributed by atoms with Crippen LogP contribution in [0, 0.1) is 0 Å². The topological polar surface area (TPSA) is 67.2 Å². The van der Waals surface area contributed by atoms with Crippen molar-refractivity contribution in [3.8, 4) is 0 Å². The van der Waals surface area contributed by atoms with Gasteiger partial charge in [0.25, 0.3) is 5.56 Å². The number of benzene rings is 2. The smallest absolute Gasteiger partial charge is 0.287 e. The molecule has 0 aliphatic heterocycles. The molecule has 0 aliphatic rings. The summed E-state index contributed by atoms with van der Waals surface area (Å²) < 4.78 is 1.01. The summed E-state index contributed by atoms with van der Waals surface area (Å²) in [5.41, 5.74) is 2.00. The Labute approximate surface area is 178 Å². The molecule has 1 N–H and O–H groups in total. The van der Waals surface area contributed by atoms with Crippen molar-refractivity contribution >= 4 is 46.2 Å². The molecule has 0 aliphatic carbocycles. The number of amides is 1. The van der Waals surface area contributed by atoms with Gasteiger partial charge in [0.15, 0.2) is 0 Å². The van der Waals surface area contributed by atoms with E-state index in [0.29, 0.717) is 0 Å². The largest absolute Gasteiger partial charge is 0.356 e. The molecule has 0 saturated heterocycles. The van der Waals surface area contributed by atoms with Crippen LogP contribution >= 0.6 is 23.2 Å². The minimum Gasteiger partial charge on any atom is -0.356 e. The van der Waals surface area contributed by atoms with Gasteiger partial charge in [0, 0.05) is 23.1 Å². The number of carbonyl (C=O) groups excluding carboxylic acids is 1. The van der Waals surface area contributed by atoms with Crippen LogP contribution < -0.4 is 15.8 Å². The number of aromatic nitrogens is 2. The quantitative estimate of drug-likeness (QED) is 0.613. The maximum absolute atomic E-state index is 12.9. The summed E-state index contributed by atoms with van der Waals surface area (Å²) in [5.74, 6) is -0.281. The van der Waals surface area contributed by atoms with Gasteiger partial charge in [0.05, 0.1) is 11.2 Å². The van der Waals surface area contributed by atoms with E-state index in [-0.39, 0.29) is 28.5 Å². The molecule has 0 unspecified atom stereocenters. The number of para-hydroxylation sites is 1. The Morgan fingerprint density at radius 1 is 1.07 bits per heavy atom. The van der Waals surface area contributed by atoms with Crippen molar-refractivity contribution in [3.05, 3.63) is 81.2 Å². The summed E-state index contributed by atoms with van der Waals surface area (Å²) in [6.07, 6.45) is 1.25. The molecule has 29 heavy (non-hydrogen) atoms. The Bertz CT molecular complexity index is 1050. The molecule has 0 radical (unpaired) electrons. The van der Waals surface area contributed by atoms with Gasteiger partial charge in [0.1, 0.15) is 11.6 Å². The average molecular weight is 431 g/mol. The zero-order valence-corrected chi connectivity index (χ0v) is 17.5. The molecule has 0 spiro atoms. The first-order valence-electron chi connectivity index (χ1n) is 9.02. The van der Waals surface area contributed by atoms with Crippen LogP contribution in [0.25, 0.3) is 0 Å². The van der Waals surface area contributed by atoms with Crippen molar-refractivity contribution < 1.29 is 4.79 Å². The lowest BCUT2D eigenvalue weighted by Crippen LogP contribution is -2.41. The molecule has 3 rings (SSSR count). The number of halogens is 2. The summed E-state index contributed by atoms with van der Waals surface area (Å²) in [6.45, 7) is 3.57. The summed E-state index contributed by atoms with van der Waals surface area (Å²) in [5, 5.41) is 7.11. The van der Waals surface area contributed by atoms with E-state index in [1.807, 2.05) is 68.4 Å². The van der Waals surface area contributed by atoms with E-state index < -0.39 is 5.56 Å². The van der Waals surface area contributed by atoms with Crippen molar-refractivity contribution in [1.82, 2.24) is 9.78 Å². The molecule has 0 fully saturated rings. The standard InChI is InChI=1S/C21H20Cl2N4O2/c1-14(2)27(19(28)13-26-21(29)20(23)18(22)12-24-26)17-10-8-16(9-11-17)25-15-6-4-3-5-7-15/h3-12,14,25H,13H2,1-2H3. The zero-order valence-electron chi connectivity index (χ0n) is 16.0. The third-order valence-electron chi connectivity index (χ3n) is 4.22. The molecule has 8 heteroatoms. The molecular weight excluding hydrogens is 411 g/mol. The minimum absolute atomic E-state index is 0.0580. The monoisotopic (exact) mass is 430 g/mol. The number of hydrogen-bond donors (Lipinski definition) is 1. The van der Waals surface area contributed by atoms with E-state index in [1.54, 1.807) is 4.90 Å². The fourth-order valence-electron chi connectivity index (χ4n) is 2.89. The van der Waals surface area contributed by atoms with Crippen LogP contribution in [0.1, 0.15) is 13.8 Å². The van der Waals surface area contributed by atoms with Crippen molar-refractivity contribution in [2.45, 2.75) is 26.4 Å². The lowest BCUT2D eigenvalue weighted by molar-refractivity contribution is -0.119. The summed E-state index contributed by atoms with van der Waals surface area (Å²) in [4.78, 5) is 26.7. The van der Waals surface area contributed by atoms with Crippen molar-refractivity contribution in [2.24, 2.45) is 0 Å². The van der Waals surface area contributed by atoms with Crippen LogP contribution in [-0.2, 0) is 11.3 Å². The number of anilines is 3. The van der Waals surface area contributed by atoms with E-state index in [4.69, 9.17) is 23.2 Å². The summed E-state index contributed by atoms with van der Waals surface area (Å²) in [7, 11) is 0. The highest BCUT2D eigenvalue weighted by molar-refractivity contribution is 6.41. The van der Waals surface area contributed by atoms with Crippen LogP contribution in [0.4, 0.5) is 17.1 Å². The van der Waals surface area contributed by atoms with E-state index >= 15 is 0 Å². The first-order chi connectivity index (χ1) is 13.9. The van der Waals surface area contributed by atoms with Crippen molar-refractivity contribution in [3.63, 3.8) is 0 Å². The van der Waals surface area contributed by atoms with E-state index in [9.17, 15) is 9.59 Å². The molecule has 0 bridgehead atoms. The van der Waals surface area contributed by atoms with Gasteiger partial charge in [-0.15, -0.1) is 0 Å². The lowest BCUT2D eigenvalue weighted by atomic mass is 10.2. The Morgan fingerprint density at radius 3 is 2.31 bits per heavy atom. The van der Waals surface area contributed by atoms with Crippen LogP contribution in [0.5, 0.6) is 0 Å². The van der Waals surface area contributed by atoms with Gasteiger partial charge in [-0.3, -0.25) is 9.59 Å². The fraction of sp³-hybridized carbons (Fsp3) is 0.190. The van der Waals surface area contributed by atoms with Gasteiger partial charge in [-0.05, 0) is 50.2 Å². The van der Waals surface area contributed by atoms with Gasteiger partial charge in [-0.2, -0.15) is 5.10 Å². The van der Waals surface area contributed by atoms with Gasteiger partial charge in [0.2, 0.25) is 5.91 Å². The molecule has 1 aromatic heterocycles.